The molecule has 0 heterocycles. The fourth-order valence-electron chi connectivity index (χ4n) is 4.12. The maximum atomic E-state index is 10.6. The van der Waals surface area contributed by atoms with E-state index in [1.165, 1.54) is 62.8 Å². The van der Waals surface area contributed by atoms with Gasteiger partial charge in [-0.2, -0.15) is 0 Å². The van der Waals surface area contributed by atoms with Gasteiger partial charge < -0.3 is 11.5 Å². The molecule has 0 aromatic heterocycles. The van der Waals surface area contributed by atoms with Gasteiger partial charge in [-0.3, -0.25) is 9.59 Å². The van der Waals surface area contributed by atoms with E-state index in [9.17, 15) is 9.59 Å². The molecule has 2 saturated carbocycles. The average molecular weight is 344 g/mol. The van der Waals surface area contributed by atoms with E-state index in [2.05, 4.69) is 0 Å². The fraction of sp³-hybridized carbons (Fsp3) is 0.619. The third-order valence-corrected chi connectivity index (χ3v) is 5.57. The monoisotopic (exact) mass is 344 g/mol. The van der Waals surface area contributed by atoms with Gasteiger partial charge in [0.2, 0.25) is 11.8 Å². The second-order valence-electron chi connectivity index (χ2n) is 7.55. The summed E-state index contributed by atoms with van der Waals surface area (Å²) in [5.41, 5.74) is 10.7. The van der Waals surface area contributed by atoms with Crippen LogP contribution in [0.1, 0.15) is 91.3 Å². The van der Waals surface area contributed by atoms with Crippen molar-refractivity contribution in [2.75, 3.05) is 0 Å². The van der Waals surface area contributed by atoms with Gasteiger partial charge in [0.1, 0.15) is 0 Å². The van der Waals surface area contributed by atoms with Crippen LogP contribution in [0.25, 0.3) is 0 Å². The van der Waals surface area contributed by atoms with E-state index < -0.39 is 11.8 Å². The van der Waals surface area contributed by atoms with Gasteiger partial charge in [0, 0.05) is 11.1 Å². The van der Waals surface area contributed by atoms with Crippen LogP contribution < -0.4 is 11.5 Å². The molecule has 0 atom stereocenters. The topological polar surface area (TPSA) is 86.2 Å². The Labute approximate surface area is 151 Å². The molecular weight excluding hydrogens is 312 g/mol. The van der Waals surface area contributed by atoms with Gasteiger partial charge in [-0.05, 0) is 42.5 Å². The highest BCUT2D eigenvalue weighted by Gasteiger charge is 2.20. The second kappa shape index (κ2) is 10.2. The van der Waals surface area contributed by atoms with Crippen molar-refractivity contribution in [1.29, 1.82) is 0 Å². The van der Waals surface area contributed by atoms with Gasteiger partial charge in [-0.25, -0.2) is 0 Å². The Morgan fingerprint density at radius 1 is 0.680 bits per heavy atom. The summed E-state index contributed by atoms with van der Waals surface area (Å²) in [7, 11) is 0. The largest absolute Gasteiger partial charge is 0.366 e. The van der Waals surface area contributed by atoms with E-state index in [0.717, 1.165) is 11.8 Å². The molecular formula is C21H32N2O2. The van der Waals surface area contributed by atoms with Crippen LogP contribution in [-0.4, -0.2) is 11.8 Å². The summed E-state index contributed by atoms with van der Waals surface area (Å²) < 4.78 is 0. The van der Waals surface area contributed by atoms with Gasteiger partial charge in [0.15, 0.2) is 0 Å². The first-order chi connectivity index (χ1) is 12.1. The van der Waals surface area contributed by atoms with Crippen molar-refractivity contribution in [1.82, 2.24) is 0 Å². The molecule has 3 rings (SSSR count). The molecule has 0 spiro atoms. The summed E-state index contributed by atoms with van der Waals surface area (Å²) in [6, 6.07) is 5.84. The zero-order chi connectivity index (χ0) is 18.1. The quantitative estimate of drug-likeness (QED) is 0.847. The molecule has 4 nitrogen and oxygen atoms in total. The third kappa shape index (κ3) is 6.89. The summed E-state index contributed by atoms with van der Waals surface area (Å²) in [5.74, 6) is 1.20. The summed E-state index contributed by atoms with van der Waals surface area (Å²) in [5, 5.41) is 0. The molecule has 2 fully saturated rings. The van der Waals surface area contributed by atoms with Crippen LogP contribution in [-0.2, 0) is 0 Å². The van der Waals surface area contributed by atoms with Crippen LogP contribution in [0.2, 0.25) is 0 Å². The molecule has 1 aromatic carbocycles. The molecule has 4 N–H and O–H groups in total. The van der Waals surface area contributed by atoms with Gasteiger partial charge >= 0.3 is 0 Å². The normalized spacial score (nSPS) is 18.9. The molecule has 2 amide bonds. The van der Waals surface area contributed by atoms with Crippen LogP contribution in [0.4, 0.5) is 0 Å². The Bertz CT molecular complexity index is 493. The number of benzene rings is 1. The lowest BCUT2D eigenvalue weighted by Crippen LogP contribution is -2.14. The van der Waals surface area contributed by atoms with Gasteiger partial charge in [-0.15, -0.1) is 0 Å². The van der Waals surface area contributed by atoms with E-state index in [-0.39, 0.29) is 0 Å². The summed E-state index contributed by atoms with van der Waals surface area (Å²) in [6.45, 7) is 0. The highest BCUT2D eigenvalue weighted by atomic mass is 16.1. The number of hydrogen-bond donors (Lipinski definition) is 2. The van der Waals surface area contributed by atoms with Crippen molar-refractivity contribution in [3.05, 3.63) is 35.4 Å². The van der Waals surface area contributed by atoms with Crippen molar-refractivity contribution in [2.24, 2.45) is 23.3 Å². The first kappa shape index (κ1) is 19.5. The van der Waals surface area contributed by atoms with Gasteiger partial charge in [-0.1, -0.05) is 64.2 Å². The summed E-state index contributed by atoms with van der Waals surface area (Å²) >= 11 is 0. The van der Waals surface area contributed by atoms with Crippen LogP contribution >= 0.6 is 0 Å². The Morgan fingerprint density at radius 2 is 1.00 bits per heavy atom. The van der Waals surface area contributed by atoms with Crippen molar-refractivity contribution < 1.29 is 9.59 Å². The lowest BCUT2D eigenvalue weighted by Gasteiger charge is -2.28. The average Bonchev–Trinajstić information content (AvgIpc) is 2.64. The predicted octanol–water partition coefficient (Wildman–Crippen LogP) is 4.42. The zero-order valence-corrected chi connectivity index (χ0v) is 15.2. The number of hydrogen-bond acceptors (Lipinski definition) is 2. The SMILES string of the molecule is C1CCC(CC2CCCCC2)CC1.NC(=O)c1ccc(C(N)=O)cc1. The minimum absolute atomic E-state index is 0.361. The van der Waals surface area contributed by atoms with Crippen LogP contribution in [0.15, 0.2) is 24.3 Å². The predicted molar refractivity (Wildman–Crippen MR) is 101 cm³/mol. The molecule has 0 saturated heterocycles. The lowest BCUT2D eigenvalue weighted by atomic mass is 9.78. The Morgan fingerprint density at radius 3 is 1.28 bits per heavy atom. The Balaban J connectivity index is 0.000000181. The minimum Gasteiger partial charge on any atom is -0.366 e. The van der Waals surface area contributed by atoms with E-state index in [1.54, 1.807) is 32.1 Å². The van der Waals surface area contributed by atoms with E-state index >= 15 is 0 Å². The number of carbonyl (C=O) groups is 2. The molecule has 25 heavy (non-hydrogen) atoms. The second-order valence-corrected chi connectivity index (χ2v) is 7.55. The molecule has 0 aliphatic heterocycles. The standard InChI is InChI=1S/C13H24.C8H8N2O2/c1-3-7-12(8-4-1)11-13-9-5-2-6-10-13;9-7(11)5-1-2-6(4-3-5)8(10)12/h12-13H,1-11H2;1-4H,(H2,9,11)(H2,10,12). The van der Waals surface area contributed by atoms with E-state index in [4.69, 9.17) is 11.5 Å². The number of rotatable bonds is 4. The highest BCUT2D eigenvalue weighted by molar-refractivity contribution is 5.96. The smallest absolute Gasteiger partial charge is 0.248 e. The van der Waals surface area contributed by atoms with Crippen LogP contribution in [0, 0.1) is 11.8 Å². The van der Waals surface area contributed by atoms with Crippen molar-refractivity contribution >= 4 is 11.8 Å². The molecule has 0 bridgehead atoms. The lowest BCUT2D eigenvalue weighted by molar-refractivity contribution is 0.0988. The Hall–Kier alpha value is -1.84. The van der Waals surface area contributed by atoms with Crippen LogP contribution in [0.3, 0.4) is 0 Å². The minimum atomic E-state index is -0.522. The fourth-order valence-corrected chi connectivity index (χ4v) is 4.12. The zero-order valence-electron chi connectivity index (χ0n) is 15.2. The highest BCUT2D eigenvalue weighted by Crippen LogP contribution is 2.34. The first-order valence-corrected chi connectivity index (χ1v) is 9.76. The number of primary amides is 2. The number of amides is 2. The van der Waals surface area contributed by atoms with Gasteiger partial charge in [0.05, 0.1) is 0 Å². The first-order valence-electron chi connectivity index (χ1n) is 9.76. The van der Waals surface area contributed by atoms with E-state index in [1.807, 2.05) is 0 Å². The van der Waals surface area contributed by atoms with E-state index in [0.29, 0.717) is 11.1 Å². The number of carbonyl (C=O) groups excluding carboxylic acids is 2. The van der Waals surface area contributed by atoms with Gasteiger partial charge in [0.25, 0.3) is 0 Å². The Kier molecular flexibility index (Phi) is 7.96. The molecule has 4 heteroatoms. The summed E-state index contributed by atoms with van der Waals surface area (Å²) in [6.07, 6.45) is 16.9. The molecule has 138 valence electrons. The molecule has 0 radical (unpaired) electrons. The van der Waals surface area contributed by atoms with Crippen molar-refractivity contribution in [3.8, 4) is 0 Å². The van der Waals surface area contributed by atoms with Crippen LogP contribution in [0.5, 0.6) is 0 Å². The molecule has 2 aliphatic carbocycles. The third-order valence-electron chi connectivity index (χ3n) is 5.57. The molecule has 0 unspecified atom stereocenters. The molecule has 1 aromatic rings. The van der Waals surface area contributed by atoms with Crippen molar-refractivity contribution in [3.63, 3.8) is 0 Å². The maximum Gasteiger partial charge on any atom is 0.248 e. The molecule has 2 aliphatic rings. The maximum absolute atomic E-state index is 10.6. The van der Waals surface area contributed by atoms with Crippen molar-refractivity contribution in [2.45, 2.75) is 70.6 Å². The summed E-state index contributed by atoms with van der Waals surface area (Å²) in [4.78, 5) is 21.2. The number of nitrogens with two attached hydrogens (primary N) is 2.